The first-order valence-corrected chi connectivity index (χ1v) is 10.2. The maximum absolute atomic E-state index is 12.5. The van der Waals surface area contributed by atoms with Crippen LogP contribution in [-0.4, -0.2) is 75.7 Å². The molecule has 0 spiro atoms. The van der Waals surface area contributed by atoms with Gasteiger partial charge in [-0.3, -0.25) is 9.69 Å². The molecule has 1 aliphatic heterocycles. The number of methoxy groups -OCH3 is 1. The number of ether oxygens (including phenoxy) is 2. The highest BCUT2D eigenvalue weighted by molar-refractivity contribution is 6.30. The number of hydrogen-bond donors (Lipinski definition) is 0. The number of halogens is 1. The van der Waals surface area contributed by atoms with Gasteiger partial charge < -0.3 is 19.3 Å². The van der Waals surface area contributed by atoms with Gasteiger partial charge in [0.2, 0.25) is 5.91 Å². The number of amides is 1. The summed E-state index contributed by atoms with van der Waals surface area (Å²) in [6.45, 7) is 4.94. The minimum absolute atomic E-state index is 0.111. The highest BCUT2D eigenvalue weighted by atomic mass is 35.5. The minimum atomic E-state index is 0.111. The summed E-state index contributed by atoms with van der Waals surface area (Å²) < 4.78 is 11.0. The fourth-order valence-electron chi connectivity index (χ4n) is 3.24. The highest BCUT2D eigenvalue weighted by Gasteiger charge is 2.21. The van der Waals surface area contributed by atoms with Crippen molar-refractivity contribution >= 4 is 23.2 Å². The van der Waals surface area contributed by atoms with E-state index in [2.05, 4.69) is 21.9 Å². The van der Waals surface area contributed by atoms with E-state index in [4.69, 9.17) is 21.1 Å². The van der Waals surface area contributed by atoms with Crippen LogP contribution in [0.15, 0.2) is 48.5 Å². The molecule has 1 saturated heterocycles. The van der Waals surface area contributed by atoms with Gasteiger partial charge in [-0.1, -0.05) is 17.7 Å². The molecule has 1 heterocycles. The van der Waals surface area contributed by atoms with Gasteiger partial charge in [0.05, 0.1) is 20.2 Å². The number of benzene rings is 2. The van der Waals surface area contributed by atoms with Gasteiger partial charge in [0.15, 0.2) is 0 Å². The zero-order valence-corrected chi connectivity index (χ0v) is 17.8. The van der Waals surface area contributed by atoms with E-state index < -0.39 is 0 Å². The standard InChI is InChI=1S/C22H28ClN3O3/c1-24(14-15-29-20-8-6-18(23)7-9-20)22(27)17-25-10-12-26(13-11-25)19-4-3-5-21(16-19)28-2/h3-9,16H,10-15,17H2,1-2H3. The van der Waals surface area contributed by atoms with E-state index in [1.165, 1.54) is 0 Å². The number of hydrogen-bond acceptors (Lipinski definition) is 5. The van der Waals surface area contributed by atoms with Crippen molar-refractivity contribution in [3.63, 3.8) is 0 Å². The molecule has 0 unspecified atom stereocenters. The number of carbonyl (C=O) groups is 1. The lowest BCUT2D eigenvalue weighted by molar-refractivity contribution is -0.131. The van der Waals surface area contributed by atoms with Crippen molar-refractivity contribution in [2.75, 3.05) is 64.9 Å². The van der Waals surface area contributed by atoms with Gasteiger partial charge in [-0.15, -0.1) is 0 Å². The van der Waals surface area contributed by atoms with Crippen LogP contribution in [0.5, 0.6) is 11.5 Å². The summed E-state index contributed by atoms with van der Waals surface area (Å²) in [4.78, 5) is 18.8. The van der Waals surface area contributed by atoms with Crippen molar-refractivity contribution in [1.82, 2.24) is 9.80 Å². The van der Waals surface area contributed by atoms with Crippen molar-refractivity contribution in [1.29, 1.82) is 0 Å². The Balaban J connectivity index is 1.38. The largest absolute Gasteiger partial charge is 0.497 e. The molecule has 2 aromatic carbocycles. The van der Waals surface area contributed by atoms with Crippen molar-refractivity contribution in [2.24, 2.45) is 0 Å². The molecule has 0 atom stereocenters. The Hall–Kier alpha value is -2.44. The number of piperazine rings is 1. The molecule has 6 nitrogen and oxygen atoms in total. The first kappa shape index (κ1) is 21.3. The summed E-state index contributed by atoms with van der Waals surface area (Å²) >= 11 is 5.87. The summed E-state index contributed by atoms with van der Waals surface area (Å²) in [5, 5.41) is 0.677. The van der Waals surface area contributed by atoms with Gasteiger partial charge in [0, 0.05) is 50.0 Å². The third-order valence-corrected chi connectivity index (χ3v) is 5.34. The van der Waals surface area contributed by atoms with E-state index in [1.807, 2.05) is 31.3 Å². The van der Waals surface area contributed by atoms with Gasteiger partial charge in [-0.2, -0.15) is 0 Å². The second-order valence-corrected chi connectivity index (χ2v) is 7.52. The molecular weight excluding hydrogens is 390 g/mol. The zero-order valence-electron chi connectivity index (χ0n) is 17.0. The molecule has 29 heavy (non-hydrogen) atoms. The quantitative estimate of drug-likeness (QED) is 0.660. The Morgan fingerprint density at radius 1 is 1.07 bits per heavy atom. The normalized spacial score (nSPS) is 14.5. The second kappa shape index (κ2) is 10.4. The van der Waals surface area contributed by atoms with E-state index in [1.54, 1.807) is 24.1 Å². The fraction of sp³-hybridized carbons (Fsp3) is 0.409. The molecule has 7 heteroatoms. The third-order valence-electron chi connectivity index (χ3n) is 5.08. The predicted octanol–water partition coefficient (Wildman–Crippen LogP) is 3.01. The van der Waals surface area contributed by atoms with Gasteiger partial charge in [-0.05, 0) is 36.4 Å². The molecule has 1 aliphatic rings. The Morgan fingerprint density at radius 3 is 2.48 bits per heavy atom. The van der Waals surface area contributed by atoms with Crippen LogP contribution in [0.3, 0.4) is 0 Å². The summed E-state index contributed by atoms with van der Waals surface area (Å²) in [6.07, 6.45) is 0. The maximum Gasteiger partial charge on any atom is 0.236 e. The van der Waals surface area contributed by atoms with Crippen LogP contribution in [-0.2, 0) is 4.79 Å². The van der Waals surface area contributed by atoms with Crippen molar-refractivity contribution in [3.05, 3.63) is 53.6 Å². The van der Waals surface area contributed by atoms with Gasteiger partial charge in [-0.25, -0.2) is 0 Å². The monoisotopic (exact) mass is 417 g/mol. The molecule has 0 bridgehead atoms. The van der Waals surface area contributed by atoms with Crippen molar-refractivity contribution in [2.45, 2.75) is 0 Å². The predicted molar refractivity (Wildman–Crippen MR) is 116 cm³/mol. The van der Waals surface area contributed by atoms with Crippen LogP contribution in [0.1, 0.15) is 0 Å². The Kier molecular flexibility index (Phi) is 7.61. The number of rotatable bonds is 8. The van der Waals surface area contributed by atoms with Crippen LogP contribution >= 0.6 is 11.6 Å². The molecule has 1 fully saturated rings. The third kappa shape index (κ3) is 6.27. The topological polar surface area (TPSA) is 45.2 Å². The van der Waals surface area contributed by atoms with Crippen molar-refractivity contribution < 1.29 is 14.3 Å². The van der Waals surface area contributed by atoms with E-state index >= 15 is 0 Å². The SMILES string of the molecule is COc1cccc(N2CCN(CC(=O)N(C)CCOc3ccc(Cl)cc3)CC2)c1. The molecule has 0 saturated carbocycles. The molecule has 0 aromatic heterocycles. The number of anilines is 1. The van der Waals surface area contributed by atoms with Crippen molar-refractivity contribution in [3.8, 4) is 11.5 Å². The summed E-state index contributed by atoms with van der Waals surface area (Å²) in [5.74, 6) is 1.73. The molecule has 0 N–H and O–H groups in total. The summed E-state index contributed by atoms with van der Waals surface area (Å²) in [5.41, 5.74) is 1.16. The van der Waals surface area contributed by atoms with Crippen LogP contribution in [0.2, 0.25) is 5.02 Å². The fourth-order valence-corrected chi connectivity index (χ4v) is 3.37. The van der Waals surface area contributed by atoms with Crippen LogP contribution in [0.4, 0.5) is 5.69 Å². The first-order chi connectivity index (χ1) is 14.0. The number of likely N-dealkylation sites (N-methyl/N-ethyl adjacent to an activating group) is 1. The average Bonchev–Trinajstić information content (AvgIpc) is 2.75. The molecule has 0 aliphatic carbocycles. The maximum atomic E-state index is 12.5. The van der Waals surface area contributed by atoms with Gasteiger partial charge in [0.25, 0.3) is 0 Å². The first-order valence-electron chi connectivity index (χ1n) is 9.79. The molecule has 0 radical (unpaired) electrons. The lowest BCUT2D eigenvalue weighted by Gasteiger charge is -2.36. The number of nitrogens with zero attached hydrogens (tertiary/aromatic N) is 3. The highest BCUT2D eigenvalue weighted by Crippen LogP contribution is 2.22. The van der Waals surface area contributed by atoms with Gasteiger partial charge >= 0.3 is 0 Å². The minimum Gasteiger partial charge on any atom is -0.497 e. The van der Waals surface area contributed by atoms with E-state index in [-0.39, 0.29) is 5.91 Å². The van der Waals surface area contributed by atoms with Crippen LogP contribution in [0, 0.1) is 0 Å². The molecule has 2 aromatic rings. The number of carbonyl (C=O) groups excluding carboxylic acids is 1. The molecule has 3 rings (SSSR count). The Bertz CT molecular complexity index is 792. The average molecular weight is 418 g/mol. The zero-order chi connectivity index (χ0) is 20.6. The van der Waals surface area contributed by atoms with Gasteiger partial charge in [0.1, 0.15) is 18.1 Å². The lowest BCUT2D eigenvalue weighted by atomic mass is 10.2. The Morgan fingerprint density at radius 2 is 1.79 bits per heavy atom. The molecule has 156 valence electrons. The molecular formula is C22H28ClN3O3. The van der Waals surface area contributed by atoms with E-state index in [0.29, 0.717) is 24.7 Å². The summed E-state index contributed by atoms with van der Waals surface area (Å²) in [7, 11) is 3.50. The van der Waals surface area contributed by atoms with Crippen LogP contribution < -0.4 is 14.4 Å². The summed E-state index contributed by atoms with van der Waals surface area (Å²) in [6, 6.07) is 15.3. The second-order valence-electron chi connectivity index (χ2n) is 7.08. The smallest absolute Gasteiger partial charge is 0.236 e. The van der Waals surface area contributed by atoms with E-state index in [0.717, 1.165) is 43.4 Å². The lowest BCUT2D eigenvalue weighted by Crippen LogP contribution is -2.50. The Labute approximate surface area is 177 Å². The molecule has 1 amide bonds. The van der Waals surface area contributed by atoms with Crippen LogP contribution in [0.25, 0.3) is 0 Å². The van der Waals surface area contributed by atoms with E-state index in [9.17, 15) is 4.79 Å².